The summed E-state index contributed by atoms with van der Waals surface area (Å²) in [7, 11) is 0. The Morgan fingerprint density at radius 1 is 1.47 bits per heavy atom. The predicted octanol–water partition coefficient (Wildman–Crippen LogP) is 1.78. The highest BCUT2D eigenvalue weighted by molar-refractivity contribution is 5.42. The number of aryl methyl sites for hydroxylation is 1. The summed E-state index contributed by atoms with van der Waals surface area (Å²) in [5.41, 5.74) is 6.80. The highest BCUT2D eigenvalue weighted by atomic mass is 19.1. The van der Waals surface area contributed by atoms with Crippen LogP contribution in [0.5, 0.6) is 0 Å². The molecule has 0 saturated heterocycles. The first kappa shape index (κ1) is 9.86. The van der Waals surface area contributed by atoms with Crippen LogP contribution in [0.1, 0.15) is 11.4 Å². The summed E-state index contributed by atoms with van der Waals surface area (Å²) >= 11 is 0. The Labute approximate surface area is 87.4 Å². The van der Waals surface area contributed by atoms with Crippen LogP contribution in [0.3, 0.4) is 0 Å². The molecule has 1 aromatic carbocycles. The Morgan fingerprint density at radius 3 is 2.87 bits per heavy atom. The second kappa shape index (κ2) is 3.82. The number of rotatable bonds is 2. The van der Waals surface area contributed by atoms with Gasteiger partial charge in [0.05, 0.1) is 5.69 Å². The second-order valence-electron chi connectivity index (χ2n) is 3.29. The van der Waals surface area contributed by atoms with Gasteiger partial charge in [-0.1, -0.05) is 6.07 Å². The molecule has 0 aliphatic rings. The Morgan fingerprint density at radius 2 is 2.27 bits per heavy atom. The van der Waals surface area contributed by atoms with Crippen LogP contribution in [-0.2, 0) is 6.54 Å². The quantitative estimate of drug-likeness (QED) is 0.812. The van der Waals surface area contributed by atoms with E-state index in [2.05, 4.69) is 4.98 Å². The molecule has 2 rings (SSSR count). The lowest BCUT2D eigenvalue weighted by atomic mass is 10.1. The van der Waals surface area contributed by atoms with E-state index in [1.165, 1.54) is 6.07 Å². The number of imidazole rings is 1. The number of nitrogens with zero attached hydrogens (tertiary/aromatic N) is 2. The summed E-state index contributed by atoms with van der Waals surface area (Å²) in [4.78, 5) is 4.10. The summed E-state index contributed by atoms with van der Waals surface area (Å²) < 4.78 is 15.3. The molecule has 0 unspecified atom stereocenters. The highest BCUT2D eigenvalue weighted by Gasteiger charge is 2.09. The summed E-state index contributed by atoms with van der Waals surface area (Å²) in [6, 6.07) is 4.92. The van der Waals surface area contributed by atoms with Crippen LogP contribution in [0.15, 0.2) is 30.6 Å². The van der Waals surface area contributed by atoms with Crippen molar-refractivity contribution >= 4 is 0 Å². The predicted molar refractivity (Wildman–Crippen MR) is 56.2 cm³/mol. The molecule has 1 aromatic heterocycles. The third-order valence-corrected chi connectivity index (χ3v) is 2.38. The lowest BCUT2D eigenvalue weighted by Gasteiger charge is -2.10. The molecule has 0 bridgehead atoms. The molecule has 78 valence electrons. The summed E-state index contributed by atoms with van der Waals surface area (Å²) in [5, 5.41) is 0. The van der Waals surface area contributed by atoms with Crippen molar-refractivity contribution in [3.05, 3.63) is 47.8 Å². The van der Waals surface area contributed by atoms with Crippen LogP contribution < -0.4 is 5.73 Å². The zero-order chi connectivity index (χ0) is 10.8. The van der Waals surface area contributed by atoms with Gasteiger partial charge >= 0.3 is 0 Å². The first-order valence-corrected chi connectivity index (χ1v) is 4.72. The van der Waals surface area contributed by atoms with E-state index in [1.807, 2.05) is 17.6 Å². The number of aromatic nitrogens is 2. The van der Waals surface area contributed by atoms with Gasteiger partial charge in [-0.05, 0) is 19.1 Å². The normalized spacial score (nSPS) is 10.6. The minimum absolute atomic E-state index is 0.180. The van der Waals surface area contributed by atoms with Gasteiger partial charge in [-0.25, -0.2) is 9.37 Å². The van der Waals surface area contributed by atoms with Gasteiger partial charge in [-0.15, -0.1) is 0 Å². The van der Waals surface area contributed by atoms with Gasteiger partial charge in [0.25, 0.3) is 0 Å². The average molecular weight is 205 g/mol. The van der Waals surface area contributed by atoms with E-state index in [0.717, 1.165) is 11.5 Å². The lowest BCUT2D eigenvalue weighted by Crippen LogP contribution is -2.07. The number of halogens is 1. The molecule has 0 fully saturated rings. The standard InChI is InChI=1S/C11H12FN3/c1-8-14-5-6-15(8)11-4-2-3-10(12)9(11)7-13/h2-6H,7,13H2,1H3. The Bertz CT molecular complexity index is 476. The van der Waals surface area contributed by atoms with Gasteiger partial charge in [-0.3, -0.25) is 0 Å². The number of benzene rings is 1. The maximum Gasteiger partial charge on any atom is 0.129 e. The van der Waals surface area contributed by atoms with Crippen molar-refractivity contribution < 1.29 is 4.39 Å². The number of nitrogens with two attached hydrogens (primary N) is 1. The Hall–Kier alpha value is -1.68. The SMILES string of the molecule is Cc1nccn1-c1cccc(F)c1CN. The van der Waals surface area contributed by atoms with Crippen molar-refractivity contribution in [2.45, 2.75) is 13.5 Å². The van der Waals surface area contributed by atoms with Gasteiger partial charge in [-0.2, -0.15) is 0 Å². The fourth-order valence-corrected chi connectivity index (χ4v) is 1.61. The Kier molecular flexibility index (Phi) is 2.51. The minimum Gasteiger partial charge on any atom is -0.326 e. The van der Waals surface area contributed by atoms with Crippen LogP contribution in [-0.4, -0.2) is 9.55 Å². The lowest BCUT2D eigenvalue weighted by molar-refractivity contribution is 0.608. The second-order valence-corrected chi connectivity index (χ2v) is 3.29. The van der Waals surface area contributed by atoms with Crippen LogP contribution in [0.4, 0.5) is 4.39 Å². The maximum absolute atomic E-state index is 13.5. The molecule has 0 amide bonds. The fraction of sp³-hybridized carbons (Fsp3) is 0.182. The van der Waals surface area contributed by atoms with Crippen LogP contribution in [0.25, 0.3) is 5.69 Å². The van der Waals surface area contributed by atoms with Crippen molar-refractivity contribution in [1.29, 1.82) is 0 Å². The van der Waals surface area contributed by atoms with E-state index in [0.29, 0.717) is 5.56 Å². The zero-order valence-electron chi connectivity index (χ0n) is 8.44. The molecule has 0 saturated carbocycles. The number of hydrogen-bond donors (Lipinski definition) is 1. The monoisotopic (exact) mass is 205 g/mol. The van der Waals surface area contributed by atoms with Gasteiger partial charge in [0.2, 0.25) is 0 Å². The molecule has 0 atom stereocenters. The molecule has 0 spiro atoms. The number of hydrogen-bond acceptors (Lipinski definition) is 2. The molecule has 2 N–H and O–H groups in total. The largest absolute Gasteiger partial charge is 0.326 e. The molecule has 2 aromatic rings. The van der Waals surface area contributed by atoms with E-state index >= 15 is 0 Å². The van der Waals surface area contributed by atoms with Crippen LogP contribution in [0, 0.1) is 12.7 Å². The first-order chi connectivity index (χ1) is 7.24. The third-order valence-electron chi connectivity index (χ3n) is 2.38. The molecule has 0 aliphatic heterocycles. The molecule has 4 heteroatoms. The summed E-state index contributed by atoms with van der Waals surface area (Å²) in [6.45, 7) is 2.05. The van der Waals surface area contributed by atoms with Crippen LogP contribution in [0.2, 0.25) is 0 Å². The molecule has 0 aliphatic carbocycles. The van der Waals surface area contributed by atoms with Crippen molar-refractivity contribution in [2.24, 2.45) is 5.73 Å². The van der Waals surface area contributed by atoms with E-state index in [4.69, 9.17) is 5.73 Å². The Balaban J connectivity index is 2.63. The van der Waals surface area contributed by atoms with E-state index < -0.39 is 0 Å². The van der Waals surface area contributed by atoms with Crippen LogP contribution >= 0.6 is 0 Å². The average Bonchev–Trinajstić information content (AvgIpc) is 2.64. The van der Waals surface area contributed by atoms with Crippen molar-refractivity contribution in [2.75, 3.05) is 0 Å². The molecule has 0 radical (unpaired) electrons. The summed E-state index contributed by atoms with van der Waals surface area (Å²) in [6.07, 6.45) is 3.48. The zero-order valence-corrected chi connectivity index (χ0v) is 8.44. The molecule has 15 heavy (non-hydrogen) atoms. The van der Waals surface area contributed by atoms with Gasteiger partial charge in [0.1, 0.15) is 11.6 Å². The van der Waals surface area contributed by atoms with Crippen molar-refractivity contribution in [1.82, 2.24) is 9.55 Å². The molecular formula is C11H12FN3. The van der Waals surface area contributed by atoms with E-state index in [-0.39, 0.29) is 12.4 Å². The smallest absolute Gasteiger partial charge is 0.129 e. The molecular weight excluding hydrogens is 193 g/mol. The minimum atomic E-state index is -0.275. The van der Waals surface area contributed by atoms with E-state index in [1.54, 1.807) is 18.5 Å². The molecule has 1 heterocycles. The maximum atomic E-state index is 13.5. The van der Waals surface area contributed by atoms with Gasteiger partial charge < -0.3 is 10.3 Å². The van der Waals surface area contributed by atoms with Crippen molar-refractivity contribution in [3.8, 4) is 5.69 Å². The van der Waals surface area contributed by atoms with E-state index in [9.17, 15) is 4.39 Å². The van der Waals surface area contributed by atoms with Gasteiger partial charge in [0, 0.05) is 24.5 Å². The summed E-state index contributed by atoms with van der Waals surface area (Å²) in [5.74, 6) is 0.540. The topological polar surface area (TPSA) is 43.8 Å². The highest BCUT2D eigenvalue weighted by Crippen LogP contribution is 2.18. The third kappa shape index (κ3) is 1.64. The fourth-order valence-electron chi connectivity index (χ4n) is 1.61. The van der Waals surface area contributed by atoms with Gasteiger partial charge in [0.15, 0.2) is 0 Å². The van der Waals surface area contributed by atoms with Crippen molar-refractivity contribution in [3.63, 3.8) is 0 Å². The first-order valence-electron chi connectivity index (χ1n) is 4.72. The molecule has 3 nitrogen and oxygen atoms in total.